The number of hydrogen-bond donors (Lipinski definition) is 1. The fourth-order valence-corrected chi connectivity index (χ4v) is 3.05. The fourth-order valence-electron chi connectivity index (χ4n) is 2.92. The third-order valence-corrected chi connectivity index (χ3v) is 4.62. The molecule has 1 aliphatic carbocycles. The van der Waals surface area contributed by atoms with Gasteiger partial charge in [0.05, 0.1) is 5.92 Å². The van der Waals surface area contributed by atoms with Crippen molar-refractivity contribution in [1.82, 2.24) is 5.32 Å². The van der Waals surface area contributed by atoms with E-state index in [4.69, 9.17) is 25.8 Å². The van der Waals surface area contributed by atoms with Crippen LogP contribution in [-0.2, 0) is 19.1 Å². The van der Waals surface area contributed by atoms with E-state index in [1.807, 2.05) is 0 Å². The molecular formula is C20H27ClNNaO6. The van der Waals surface area contributed by atoms with Crippen molar-refractivity contribution in [2.75, 3.05) is 6.54 Å². The van der Waals surface area contributed by atoms with E-state index in [-0.39, 0.29) is 54.4 Å². The monoisotopic (exact) mass is 435 g/mol. The Bertz CT molecular complexity index is 663. The van der Waals surface area contributed by atoms with Gasteiger partial charge in [-0.1, -0.05) is 30.9 Å². The van der Waals surface area contributed by atoms with Crippen LogP contribution in [0.25, 0.3) is 0 Å². The molecule has 1 saturated carbocycles. The molecule has 1 fully saturated rings. The van der Waals surface area contributed by atoms with Crippen LogP contribution in [0, 0.1) is 5.92 Å². The van der Waals surface area contributed by atoms with Crippen LogP contribution in [0.2, 0.25) is 5.02 Å². The van der Waals surface area contributed by atoms with E-state index in [0.29, 0.717) is 17.2 Å². The summed E-state index contributed by atoms with van der Waals surface area (Å²) in [5, 5.41) is 3.07. The molecule has 1 amide bonds. The van der Waals surface area contributed by atoms with Gasteiger partial charge >= 0.3 is 47.6 Å². The van der Waals surface area contributed by atoms with Gasteiger partial charge in [0, 0.05) is 24.9 Å². The van der Waals surface area contributed by atoms with E-state index in [1.54, 1.807) is 24.3 Å². The van der Waals surface area contributed by atoms with Gasteiger partial charge in [-0.25, -0.2) is 4.79 Å². The minimum absolute atomic E-state index is 0. The van der Waals surface area contributed by atoms with Crippen molar-refractivity contribution in [3.05, 3.63) is 29.3 Å². The molecule has 2 rings (SSSR count). The molecule has 0 spiro atoms. The van der Waals surface area contributed by atoms with Crippen molar-refractivity contribution < 1.29 is 28.6 Å². The van der Waals surface area contributed by atoms with E-state index in [9.17, 15) is 14.4 Å². The van der Waals surface area contributed by atoms with Gasteiger partial charge in [0.15, 0.2) is 0 Å². The van der Waals surface area contributed by atoms with Gasteiger partial charge in [-0.05, 0) is 43.5 Å². The number of carbonyl (C=O) groups excluding carboxylic acids is 3. The van der Waals surface area contributed by atoms with Crippen molar-refractivity contribution in [3.8, 4) is 5.75 Å². The molecule has 0 aromatic heterocycles. The van der Waals surface area contributed by atoms with E-state index in [2.05, 4.69) is 5.32 Å². The molecule has 0 bridgehead atoms. The van der Waals surface area contributed by atoms with E-state index in [1.165, 1.54) is 6.92 Å². The topological polar surface area (TPSA) is 90.9 Å². The van der Waals surface area contributed by atoms with Gasteiger partial charge in [-0.2, -0.15) is 0 Å². The predicted octanol–water partition coefficient (Wildman–Crippen LogP) is 3.57. The van der Waals surface area contributed by atoms with Gasteiger partial charge < -0.3 is 19.5 Å². The number of rotatable bonds is 8. The van der Waals surface area contributed by atoms with E-state index < -0.39 is 18.4 Å². The summed E-state index contributed by atoms with van der Waals surface area (Å²) in [6.07, 6.45) is 3.71. The Labute approximate surface area is 198 Å². The maximum absolute atomic E-state index is 12.0. The molecule has 1 N–H and O–H groups in total. The molecule has 1 unspecified atom stereocenters. The van der Waals surface area contributed by atoms with E-state index in [0.717, 1.165) is 32.1 Å². The number of halogens is 1. The summed E-state index contributed by atoms with van der Waals surface area (Å²) in [6.45, 7) is 1.74. The molecular weight excluding hydrogens is 409 g/mol. The van der Waals surface area contributed by atoms with Crippen LogP contribution in [0.3, 0.4) is 0 Å². The molecule has 29 heavy (non-hydrogen) atoms. The van der Waals surface area contributed by atoms with Crippen LogP contribution in [-0.4, -0.2) is 60.4 Å². The molecule has 7 nitrogen and oxygen atoms in total. The Morgan fingerprint density at radius 1 is 1.10 bits per heavy atom. The number of hydrogen-bond acceptors (Lipinski definition) is 6. The van der Waals surface area contributed by atoms with Crippen LogP contribution in [0.4, 0.5) is 4.79 Å². The molecule has 1 atom stereocenters. The van der Waals surface area contributed by atoms with Crippen molar-refractivity contribution in [2.45, 2.75) is 58.2 Å². The standard InChI is InChI=1S/C20H26ClNO6.Na.H/c1-14(26-19(24)15-6-3-2-4-7-15)27-20(25)22-13-5-8-18(23)28-17-11-9-16(21)10-12-17;;/h9-12,14-15H,2-8,13H2,1H3,(H,22,25);;. The van der Waals surface area contributed by atoms with Gasteiger partial charge in [0.25, 0.3) is 0 Å². The normalized spacial score (nSPS) is 14.8. The molecule has 9 heteroatoms. The Morgan fingerprint density at radius 3 is 2.41 bits per heavy atom. The Hall–Kier alpha value is -1.28. The summed E-state index contributed by atoms with van der Waals surface area (Å²) < 4.78 is 15.3. The van der Waals surface area contributed by atoms with Crippen LogP contribution < -0.4 is 10.1 Å². The van der Waals surface area contributed by atoms with Crippen LogP contribution in [0.5, 0.6) is 5.75 Å². The zero-order chi connectivity index (χ0) is 20.4. The Balaban J connectivity index is 0.00000420. The number of amides is 1. The first-order valence-electron chi connectivity index (χ1n) is 9.55. The molecule has 0 heterocycles. The SMILES string of the molecule is CC(OC(=O)NCCCC(=O)Oc1ccc(Cl)cc1)OC(=O)C1CCCCC1.[NaH]. The number of ether oxygens (including phenoxy) is 3. The predicted molar refractivity (Wildman–Crippen MR) is 110 cm³/mol. The number of benzene rings is 1. The van der Waals surface area contributed by atoms with Gasteiger partial charge in [-0.15, -0.1) is 0 Å². The second kappa shape index (κ2) is 13.9. The van der Waals surface area contributed by atoms with Crippen molar-refractivity contribution in [2.24, 2.45) is 5.92 Å². The van der Waals surface area contributed by atoms with Crippen LogP contribution in [0.15, 0.2) is 24.3 Å². The van der Waals surface area contributed by atoms with Crippen molar-refractivity contribution >= 4 is 59.2 Å². The second-order valence-corrected chi connectivity index (χ2v) is 7.14. The fraction of sp³-hybridized carbons (Fsp3) is 0.550. The second-order valence-electron chi connectivity index (χ2n) is 6.70. The third kappa shape index (κ3) is 10.3. The number of nitrogens with one attached hydrogen (secondary N) is 1. The van der Waals surface area contributed by atoms with E-state index >= 15 is 0 Å². The zero-order valence-corrected chi connectivity index (χ0v) is 16.7. The number of carbonyl (C=O) groups is 3. The quantitative estimate of drug-likeness (QED) is 0.221. The molecule has 0 aliphatic heterocycles. The molecule has 0 radical (unpaired) electrons. The summed E-state index contributed by atoms with van der Waals surface area (Å²) >= 11 is 5.76. The summed E-state index contributed by atoms with van der Waals surface area (Å²) in [5.41, 5.74) is 0. The number of alkyl carbamates (subject to hydrolysis) is 1. The summed E-state index contributed by atoms with van der Waals surface area (Å²) in [6, 6.07) is 6.46. The number of esters is 2. The Morgan fingerprint density at radius 2 is 1.76 bits per heavy atom. The molecule has 1 aromatic carbocycles. The average molecular weight is 436 g/mol. The average Bonchev–Trinajstić information content (AvgIpc) is 2.67. The molecule has 1 aromatic rings. The van der Waals surface area contributed by atoms with Gasteiger partial charge in [-0.3, -0.25) is 9.59 Å². The zero-order valence-electron chi connectivity index (χ0n) is 15.9. The Kier molecular flexibility index (Phi) is 12.3. The first-order chi connectivity index (χ1) is 13.4. The summed E-state index contributed by atoms with van der Waals surface area (Å²) in [5.74, 6) is -0.415. The summed E-state index contributed by atoms with van der Waals surface area (Å²) in [7, 11) is 0. The van der Waals surface area contributed by atoms with Crippen LogP contribution >= 0.6 is 11.6 Å². The maximum atomic E-state index is 12.0. The van der Waals surface area contributed by atoms with Crippen molar-refractivity contribution in [3.63, 3.8) is 0 Å². The third-order valence-electron chi connectivity index (χ3n) is 4.37. The molecule has 1 aliphatic rings. The summed E-state index contributed by atoms with van der Waals surface area (Å²) in [4.78, 5) is 35.5. The van der Waals surface area contributed by atoms with Crippen LogP contribution in [0.1, 0.15) is 51.9 Å². The van der Waals surface area contributed by atoms with Gasteiger partial charge in [0.1, 0.15) is 5.75 Å². The van der Waals surface area contributed by atoms with Gasteiger partial charge in [0.2, 0.25) is 6.29 Å². The first kappa shape index (κ1) is 25.8. The van der Waals surface area contributed by atoms with Crippen molar-refractivity contribution in [1.29, 1.82) is 0 Å². The first-order valence-corrected chi connectivity index (χ1v) is 9.93. The molecule has 156 valence electrons. The molecule has 0 saturated heterocycles. The minimum atomic E-state index is -0.954.